The van der Waals surface area contributed by atoms with Crippen LogP contribution in [-0.4, -0.2) is 35.4 Å². The molecule has 6 nitrogen and oxygen atoms in total. The van der Waals surface area contributed by atoms with Gasteiger partial charge in [0.25, 0.3) is 5.91 Å². The third-order valence-electron chi connectivity index (χ3n) is 6.98. The molecule has 0 unspecified atom stereocenters. The highest BCUT2D eigenvalue weighted by molar-refractivity contribution is 6.31. The van der Waals surface area contributed by atoms with E-state index in [2.05, 4.69) is 15.6 Å². The number of hydrogen-bond donors (Lipinski definition) is 2. The van der Waals surface area contributed by atoms with E-state index in [0.717, 1.165) is 18.2 Å². The SMILES string of the molecule is O=C(N[C@H]1CC[C@@H](Nc2cc(C(F)(F)F)nc3ccc(Cl)cc23)CC1)c1cccc(N2CCCC2=O)c1. The largest absolute Gasteiger partial charge is 0.433 e. The molecule has 1 aromatic heterocycles. The first kappa shape index (κ1) is 25.3. The van der Waals surface area contributed by atoms with Crippen molar-refractivity contribution in [3.63, 3.8) is 0 Å². The molecule has 194 valence electrons. The van der Waals surface area contributed by atoms with Crippen molar-refractivity contribution in [1.82, 2.24) is 10.3 Å². The highest BCUT2D eigenvalue weighted by atomic mass is 35.5. The van der Waals surface area contributed by atoms with Crippen molar-refractivity contribution in [3.05, 3.63) is 64.8 Å². The van der Waals surface area contributed by atoms with Crippen molar-refractivity contribution in [2.24, 2.45) is 0 Å². The second kappa shape index (κ2) is 10.2. The average molecular weight is 531 g/mol. The second-order valence-corrected chi connectivity index (χ2v) is 10.0. The lowest BCUT2D eigenvalue weighted by atomic mass is 9.90. The Morgan fingerprint density at radius 3 is 2.49 bits per heavy atom. The number of aromatic nitrogens is 1. The maximum atomic E-state index is 13.4. The fourth-order valence-corrected chi connectivity index (χ4v) is 5.24. The van der Waals surface area contributed by atoms with Gasteiger partial charge >= 0.3 is 6.18 Å². The minimum absolute atomic E-state index is 0.0445. The molecule has 1 aliphatic carbocycles. The zero-order valence-corrected chi connectivity index (χ0v) is 20.7. The number of fused-ring (bicyclic) bond motifs is 1. The summed E-state index contributed by atoms with van der Waals surface area (Å²) < 4.78 is 40.3. The number of hydrogen-bond acceptors (Lipinski definition) is 4. The summed E-state index contributed by atoms with van der Waals surface area (Å²) in [5, 5.41) is 7.28. The molecule has 10 heteroatoms. The molecule has 1 saturated carbocycles. The molecule has 2 heterocycles. The molecule has 0 atom stereocenters. The molecule has 2 N–H and O–H groups in total. The standard InChI is InChI=1S/C27H26ClF3N4O2/c28-17-6-11-22-21(14-17)23(15-24(34-22)27(29,30)31)32-18-7-9-19(10-8-18)33-26(37)16-3-1-4-20(13-16)35-12-2-5-25(35)36/h1,3-4,6,11,13-15,18-19H,2,5,7-10,12H2,(H,32,34)(H,33,37)/t18-,19+. The number of nitrogens with one attached hydrogen (secondary N) is 2. The van der Waals surface area contributed by atoms with Gasteiger partial charge in [-0.25, -0.2) is 4.98 Å². The Morgan fingerprint density at radius 2 is 1.78 bits per heavy atom. The summed E-state index contributed by atoms with van der Waals surface area (Å²) >= 11 is 6.10. The number of nitrogens with zero attached hydrogens (tertiary/aromatic N) is 2. The van der Waals surface area contributed by atoms with E-state index in [0.29, 0.717) is 60.3 Å². The Morgan fingerprint density at radius 1 is 1.03 bits per heavy atom. The molecule has 2 amide bonds. The van der Waals surface area contributed by atoms with E-state index in [9.17, 15) is 22.8 Å². The van der Waals surface area contributed by atoms with Crippen molar-refractivity contribution >= 4 is 45.7 Å². The summed E-state index contributed by atoms with van der Waals surface area (Å²) in [6.45, 7) is 0.657. The Labute approximate surface area is 217 Å². The van der Waals surface area contributed by atoms with Crippen LogP contribution in [0.25, 0.3) is 10.9 Å². The fraction of sp³-hybridized carbons (Fsp3) is 0.370. The highest BCUT2D eigenvalue weighted by Crippen LogP contribution is 2.35. The summed E-state index contributed by atoms with van der Waals surface area (Å²) in [6, 6.07) is 12.6. The third kappa shape index (κ3) is 5.66. The molecule has 5 rings (SSSR count). The van der Waals surface area contributed by atoms with E-state index in [-0.39, 0.29) is 29.4 Å². The number of anilines is 2. The van der Waals surface area contributed by atoms with E-state index in [4.69, 9.17) is 11.6 Å². The molecule has 1 saturated heterocycles. The molecule has 3 aromatic rings. The van der Waals surface area contributed by atoms with Crippen LogP contribution >= 0.6 is 11.6 Å². The van der Waals surface area contributed by atoms with Crippen molar-refractivity contribution in [2.45, 2.75) is 56.8 Å². The van der Waals surface area contributed by atoms with Gasteiger partial charge in [0.05, 0.1) is 5.52 Å². The summed E-state index contributed by atoms with van der Waals surface area (Å²) in [5.74, 6) is -0.135. The monoisotopic (exact) mass is 530 g/mol. The van der Waals surface area contributed by atoms with Gasteiger partial charge in [-0.05, 0) is 74.6 Å². The van der Waals surface area contributed by atoms with Gasteiger partial charge in [0, 0.05) is 52.4 Å². The molecule has 0 spiro atoms. The van der Waals surface area contributed by atoms with Crippen LogP contribution in [0.5, 0.6) is 0 Å². The van der Waals surface area contributed by atoms with Gasteiger partial charge in [-0.15, -0.1) is 0 Å². The molecule has 2 fully saturated rings. The van der Waals surface area contributed by atoms with Crippen LogP contribution in [0.2, 0.25) is 5.02 Å². The number of carbonyl (C=O) groups excluding carboxylic acids is 2. The van der Waals surface area contributed by atoms with Gasteiger partial charge in [-0.1, -0.05) is 17.7 Å². The number of alkyl halides is 3. The predicted octanol–water partition coefficient (Wildman–Crippen LogP) is 6.19. The number of benzene rings is 2. The van der Waals surface area contributed by atoms with Crippen LogP contribution in [0.3, 0.4) is 0 Å². The minimum atomic E-state index is -4.56. The Kier molecular flexibility index (Phi) is 6.98. The molecular formula is C27H26ClF3N4O2. The van der Waals surface area contributed by atoms with E-state index in [1.165, 1.54) is 12.1 Å². The van der Waals surface area contributed by atoms with Gasteiger partial charge in [-0.3, -0.25) is 9.59 Å². The van der Waals surface area contributed by atoms with Crippen LogP contribution < -0.4 is 15.5 Å². The van der Waals surface area contributed by atoms with Gasteiger partial charge < -0.3 is 15.5 Å². The van der Waals surface area contributed by atoms with Crippen LogP contribution in [0.4, 0.5) is 24.5 Å². The third-order valence-corrected chi connectivity index (χ3v) is 7.21. The molecular weight excluding hydrogens is 505 g/mol. The number of pyridine rings is 1. The molecule has 2 aliphatic rings. The summed E-state index contributed by atoms with van der Waals surface area (Å²) in [7, 11) is 0. The number of amides is 2. The first-order valence-corrected chi connectivity index (χ1v) is 12.7. The maximum absolute atomic E-state index is 13.4. The predicted molar refractivity (Wildman–Crippen MR) is 137 cm³/mol. The van der Waals surface area contributed by atoms with Crippen molar-refractivity contribution in [3.8, 4) is 0 Å². The quantitative estimate of drug-likeness (QED) is 0.413. The van der Waals surface area contributed by atoms with Crippen molar-refractivity contribution < 1.29 is 22.8 Å². The number of rotatable bonds is 5. The number of carbonyl (C=O) groups is 2. The number of halogens is 4. The second-order valence-electron chi connectivity index (χ2n) is 9.58. The minimum Gasteiger partial charge on any atom is -0.382 e. The normalized spacial score (nSPS) is 20.3. The van der Waals surface area contributed by atoms with Crippen LogP contribution in [0.15, 0.2) is 48.5 Å². The summed E-state index contributed by atoms with van der Waals surface area (Å²) in [4.78, 5) is 30.4. The fourth-order valence-electron chi connectivity index (χ4n) is 5.07. The topological polar surface area (TPSA) is 74.3 Å². The smallest absolute Gasteiger partial charge is 0.382 e. The summed E-state index contributed by atoms with van der Waals surface area (Å²) in [6.07, 6.45) is -0.503. The maximum Gasteiger partial charge on any atom is 0.433 e. The lowest BCUT2D eigenvalue weighted by Gasteiger charge is -2.31. The Balaban J connectivity index is 1.23. The Hall–Kier alpha value is -3.33. The molecule has 1 aliphatic heterocycles. The van der Waals surface area contributed by atoms with E-state index >= 15 is 0 Å². The molecule has 37 heavy (non-hydrogen) atoms. The zero-order valence-electron chi connectivity index (χ0n) is 19.9. The Bertz CT molecular complexity index is 1340. The van der Waals surface area contributed by atoms with Crippen LogP contribution in [0, 0.1) is 0 Å². The first-order chi connectivity index (χ1) is 17.7. The first-order valence-electron chi connectivity index (χ1n) is 12.3. The van der Waals surface area contributed by atoms with Crippen LogP contribution in [-0.2, 0) is 11.0 Å². The van der Waals surface area contributed by atoms with Crippen molar-refractivity contribution in [1.29, 1.82) is 0 Å². The van der Waals surface area contributed by atoms with E-state index in [1.54, 1.807) is 29.2 Å². The van der Waals surface area contributed by atoms with Gasteiger partial charge in [0.1, 0.15) is 5.69 Å². The lowest BCUT2D eigenvalue weighted by molar-refractivity contribution is -0.140. The van der Waals surface area contributed by atoms with Crippen LogP contribution in [0.1, 0.15) is 54.6 Å². The molecule has 0 radical (unpaired) electrons. The average Bonchev–Trinajstić information content (AvgIpc) is 3.30. The molecule has 2 aromatic carbocycles. The summed E-state index contributed by atoms with van der Waals surface area (Å²) in [5.41, 5.74) is 0.841. The van der Waals surface area contributed by atoms with Crippen molar-refractivity contribution in [2.75, 3.05) is 16.8 Å². The van der Waals surface area contributed by atoms with Gasteiger partial charge in [0.2, 0.25) is 5.91 Å². The molecule has 0 bridgehead atoms. The lowest BCUT2D eigenvalue weighted by Crippen LogP contribution is -2.40. The zero-order chi connectivity index (χ0) is 26.2. The van der Waals surface area contributed by atoms with E-state index < -0.39 is 11.9 Å². The van der Waals surface area contributed by atoms with Gasteiger partial charge in [0.15, 0.2) is 0 Å². The van der Waals surface area contributed by atoms with E-state index in [1.807, 2.05) is 6.07 Å². The van der Waals surface area contributed by atoms with Gasteiger partial charge in [-0.2, -0.15) is 13.2 Å². The highest BCUT2D eigenvalue weighted by Gasteiger charge is 2.34.